The maximum Gasteiger partial charge on any atom is 0.188 e. The maximum atomic E-state index is 11.8. The molecule has 0 bridgehead atoms. The van der Waals surface area contributed by atoms with E-state index in [-0.39, 0.29) is 30.0 Å². The summed E-state index contributed by atoms with van der Waals surface area (Å²) in [5, 5.41) is 2.99. The van der Waals surface area contributed by atoms with E-state index < -0.39 is 10.8 Å². The van der Waals surface area contributed by atoms with Gasteiger partial charge in [-0.05, 0) is 26.0 Å². The lowest BCUT2D eigenvalue weighted by Gasteiger charge is -2.08. The van der Waals surface area contributed by atoms with Crippen LogP contribution in [0.4, 0.5) is 0 Å². The van der Waals surface area contributed by atoms with Gasteiger partial charge in [-0.1, -0.05) is 18.2 Å². The third kappa shape index (κ3) is 6.95. The summed E-state index contributed by atoms with van der Waals surface area (Å²) < 4.78 is 11.8. The highest BCUT2D eigenvalue weighted by Crippen LogP contribution is 2.04. The molecule has 0 saturated heterocycles. The first-order valence-electron chi connectivity index (χ1n) is 5.59. The van der Waals surface area contributed by atoms with Gasteiger partial charge in [-0.15, -0.1) is 24.0 Å². The average Bonchev–Trinajstić information content (AvgIpc) is 2.29. The number of nitrogens with two attached hydrogens (primary N) is 1. The number of hydrogen-bond acceptors (Lipinski definition) is 2. The Hall–Kier alpha value is -0.630. The van der Waals surface area contributed by atoms with Crippen LogP contribution in [-0.4, -0.2) is 28.5 Å². The molecule has 0 saturated carbocycles. The molecule has 0 aliphatic rings. The van der Waals surface area contributed by atoms with Gasteiger partial charge >= 0.3 is 0 Å². The molecule has 1 aromatic carbocycles. The van der Waals surface area contributed by atoms with E-state index >= 15 is 0 Å². The van der Waals surface area contributed by atoms with Gasteiger partial charge in [0.15, 0.2) is 5.96 Å². The topological polar surface area (TPSA) is 67.5 Å². The van der Waals surface area contributed by atoms with Crippen molar-refractivity contribution in [2.75, 3.05) is 12.3 Å². The van der Waals surface area contributed by atoms with Gasteiger partial charge in [0, 0.05) is 16.7 Å². The van der Waals surface area contributed by atoms with Crippen LogP contribution in [0, 0.1) is 0 Å². The summed E-state index contributed by atoms with van der Waals surface area (Å²) in [6.45, 7) is 4.45. The number of halogens is 1. The predicted molar refractivity (Wildman–Crippen MR) is 87.9 cm³/mol. The van der Waals surface area contributed by atoms with Gasteiger partial charge in [0.05, 0.1) is 17.3 Å². The van der Waals surface area contributed by atoms with Crippen LogP contribution >= 0.6 is 24.0 Å². The van der Waals surface area contributed by atoms with Crippen LogP contribution in [0.2, 0.25) is 0 Å². The molecule has 1 unspecified atom stereocenters. The second-order valence-corrected chi connectivity index (χ2v) is 5.50. The smallest absolute Gasteiger partial charge is 0.188 e. The summed E-state index contributed by atoms with van der Waals surface area (Å²) in [5.41, 5.74) is 5.64. The van der Waals surface area contributed by atoms with Crippen LogP contribution in [0.3, 0.4) is 0 Å². The zero-order valence-corrected chi connectivity index (χ0v) is 13.8. The number of nitrogens with zero attached hydrogens (tertiary/aromatic N) is 1. The summed E-state index contributed by atoms with van der Waals surface area (Å²) in [6.07, 6.45) is 0. The Morgan fingerprint density at radius 3 is 2.56 bits per heavy atom. The number of guanidine groups is 1. The molecular weight excluding hydrogens is 361 g/mol. The van der Waals surface area contributed by atoms with E-state index in [4.69, 9.17) is 5.73 Å². The van der Waals surface area contributed by atoms with Crippen molar-refractivity contribution in [3.05, 3.63) is 30.3 Å². The summed E-state index contributed by atoms with van der Waals surface area (Å²) >= 11 is 0. The average molecular weight is 381 g/mol. The molecular formula is C12H20IN3OS. The zero-order chi connectivity index (χ0) is 12.7. The third-order valence-electron chi connectivity index (χ3n) is 2.00. The molecule has 0 aromatic heterocycles. The SMILES string of the molecule is CC(C)NC(N)=NCCS(=O)c1ccccc1.I. The van der Waals surface area contributed by atoms with Crippen LogP contribution in [0.25, 0.3) is 0 Å². The van der Waals surface area contributed by atoms with Crippen molar-refractivity contribution in [3.8, 4) is 0 Å². The van der Waals surface area contributed by atoms with Crippen molar-refractivity contribution >= 4 is 40.7 Å². The minimum atomic E-state index is -1.00. The van der Waals surface area contributed by atoms with Gasteiger partial charge in [-0.3, -0.25) is 9.20 Å². The van der Waals surface area contributed by atoms with Crippen molar-refractivity contribution < 1.29 is 4.21 Å². The molecule has 1 aromatic rings. The Kier molecular flexibility index (Phi) is 8.99. The first-order chi connectivity index (χ1) is 8.09. The fourth-order valence-electron chi connectivity index (χ4n) is 1.28. The summed E-state index contributed by atoms with van der Waals surface area (Å²) in [7, 11) is -1.00. The fourth-order valence-corrected chi connectivity index (χ4v) is 2.23. The Labute approximate surface area is 128 Å². The highest BCUT2D eigenvalue weighted by atomic mass is 127. The van der Waals surface area contributed by atoms with Crippen molar-refractivity contribution in [2.45, 2.75) is 24.8 Å². The van der Waals surface area contributed by atoms with Crippen molar-refractivity contribution in [1.29, 1.82) is 0 Å². The molecule has 4 nitrogen and oxygen atoms in total. The maximum absolute atomic E-state index is 11.8. The van der Waals surface area contributed by atoms with E-state index in [1.54, 1.807) is 0 Å². The van der Waals surface area contributed by atoms with Gasteiger partial charge in [0.25, 0.3) is 0 Å². The van der Waals surface area contributed by atoms with Gasteiger partial charge in [0.2, 0.25) is 0 Å². The van der Waals surface area contributed by atoms with Crippen LogP contribution in [0.15, 0.2) is 40.2 Å². The van der Waals surface area contributed by atoms with Gasteiger partial charge in [-0.2, -0.15) is 0 Å². The molecule has 0 radical (unpaired) electrons. The van der Waals surface area contributed by atoms with Crippen LogP contribution in [0.1, 0.15) is 13.8 Å². The van der Waals surface area contributed by atoms with Crippen LogP contribution in [0.5, 0.6) is 0 Å². The largest absolute Gasteiger partial charge is 0.370 e. The van der Waals surface area contributed by atoms with Gasteiger partial charge in [-0.25, -0.2) is 0 Å². The normalized spacial score (nSPS) is 12.9. The van der Waals surface area contributed by atoms with E-state index in [0.29, 0.717) is 18.3 Å². The quantitative estimate of drug-likeness (QED) is 0.464. The molecule has 0 fully saturated rings. The molecule has 1 rings (SSSR count). The second kappa shape index (κ2) is 9.32. The molecule has 3 N–H and O–H groups in total. The highest BCUT2D eigenvalue weighted by Gasteiger charge is 2.02. The second-order valence-electron chi connectivity index (χ2n) is 3.93. The number of rotatable bonds is 5. The Bertz CT molecular complexity index is 396. The molecule has 6 heteroatoms. The number of nitrogens with one attached hydrogen (secondary N) is 1. The molecule has 0 spiro atoms. The molecule has 102 valence electrons. The molecule has 18 heavy (non-hydrogen) atoms. The first kappa shape index (κ1) is 17.4. The monoisotopic (exact) mass is 381 g/mol. The Balaban J connectivity index is 0.00000289. The van der Waals surface area contributed by atoms with Gasteiger partial charge < -0.3 is 11.1 Å². The van der Waals surface area contributed by atoms with E-state index in [2.05, 4.69) is 10.3 Å². The minimum absolute atomic E-state index is 0. The van der Waals surface area contributed by atoms with E-state index in [9.17, 15) is 4.21 Å². The van der Waals surface area contributed by atoms with Crippen molar-refractivity contribution in [1.82, 2.24) is 5.32 Å². The lowest BCUT2D eigenvalue weighted by molar-refractivity contribution is 0.682. The molecule has 0 aliphatic heterocycles. The van der Waals surface area contributed by atoms with E-state index in [1.807, 2.05) is 44.2 Å². The minimum Gasteiger partial charge on any atom is -0.370 e. The van der Waals surface area contributed by atoms with E-state index in [0.717, 1.165) is 4.90 Å². The van der Waals surface area contributed by atoms with E-state index in [1.165, 1.54) is 0 Å². The zero-order valence-electron chi connectivity index (χ0n) is 10.6. The first-order valence-corrected chi connectivity index (χ1v) is 6.91. The Morgan fingerprint density at radius 2 is 2.00 bits per heavy atom. The van der Waals surface area contributed by atoms with Crippen LogP contribution < -0.4 is 11.1 Å². The number of benzene rings is 1. The Morgan fingerprint density at radius 1 is 1.39 bits per heavy atom. The summed E-state index contributed by atoms with van der Waals surface area (Å²) in [4.78, 5) is 4.95. The van der Waals surface area contributed by atoms with Crippen LogP contribution in [-0.2, 0) is 10.8 Å². The van der Waals surface area contributed by atoms with Gasteiger partial charge in [0.1, 0.15) is 0 Å². The molecule has 0 aliphatic carbocycles. The molecule has 0 amide bonds. The fraction of sp³-hybridized carbons (Fsp3) is 0.417. The lowest BCUT2D eigenvalue weighted by atomic mass is 10.4. The summed E-state index contributed by atoms with van der Waals surface area (Å²) in [6, 6.07) is 9.64. The predicted octanol–water partition coefficient (Wildman–Crippen LogP) is 1.72. The number of hydrogen-bond donors (Lipinski definition) is 2. The summed E-state index contributed by atoms with van der Waals surface area (Å²) in [5.74, 6) is 0.898. The van der Waals surface area contributed by atoms with Crippen molar-refractivity contribution in [2.24, 2.45) is 10.7 Å². The third-order valence-corrected chi connectivity index (χ3v) is 3.35. The molecule has 1 atom stereocenters. The number of aliphatic imine (C=N–C) groups is 1. The molecule has 0 heterocycles. The van der Waals surface area contributed by atoms with Crippen molar-refractivity contribution in [3.63, 3.8) is 0 Å². The lowest BCUT2D eigenvalue weighted by Crippen LogP contribution is -2.37. The highest BCUT2D eigenvalue weighted by molar-refractivity contribution is 14.0. The standard InChI is InChI=1S/C12H19N3OS.HI/c1-10(2)15-12(13)14-8-9-17(16)11-6-4-3-5-7-11;/h3-7,10H,8-9H2,1-2H3,(H3,13,14,15);1H.